The summed E-state index contributed by atoms with van der Waals surface area (Å²) < 4.78 is 54.1. The van der Waals surface area contributed by atoms with Gasteiger partial charge in [-0.15, -0.1) is 10.2 Å². The van der Waals surface area contributed by atoms with E-state index >= 15 is 4.39 Å². The maximum absolute atomic E-state index is 15.6. The average molecular weight is 678 g/mol. The van der Waals surface area contributed by atoms with E-state index in [1.165, 1.54) is 20.0 Å². The molecule has 1 aliphatic heterocycles. The lowest BCUT2D eigenvalue weighted by molar-refractivity contribution is -0.129. The molecule has 0 unspecified atom stereocenters. The van der Waals surface area contributed by atoms with E-state index in [2.05, 4.69) is 15.5 Å². The van der Waals surface area contributed by atoms with Crippen LogP contribution in [0.2, 0.25) is 5.02 Å². The van der Waals surface area contributed by atoms with E-state index in [1.807, 2.05) is 20.8 Å². The fourth-order valence-electron chi connectivity index (χ4n) is 4.49. The summed E-state index contributed by atoms with van der Waals surface area (Å²) in [6, 6.07) is 5.77. The third-order valence-corrected chi connectivity index (χ3v) is 9.16. The van der Waals surface area contributed by atoms with Gasteiger partial charge < -0.3 is 19.4 Å². The molecule has 12 nitrogen and oxygen atoms in total. The monoisotopic (exact) mass is 677 g/mol. The third kappa shape index (κ3) is 7.66. The van der Waals surface area contributed by atoms with Crippen molar-refractivity contribution in [1.29, 1.82) is 0 Å². The van der Waals surface area contributed by atoms with Crippen LogP contribution < -0.4 is 10.2 Å². The Morgan fingerprint density at radius 2 is 1.78 bits per heavy atom. The molecule has 0 spiro atoms. The van der Waals surface area contributed by atoms with Crippen LogP contribution in [-0.2, 0) is 36.1 Å². The fraction of sp³-hybridized carbons (Fsp3) is 0.452. The quantitative estimate of drug-likeness (QED) is 0.385. The number of halogens is 2. The van der Waals surface area contributed by atoms with Crippen LogP contribution in [0.4, 0.5) is 14.9 Å². The summed E-state index contributed by atoms with van der Waals surface area (Å²) in [5.41, 5.74) is -1.15. The molecule has 1 N–H and O–H groups in total. The number of sulfone groups is 1. The summed E-state index contributed by atoms with van der Waals surface area (Å²) in [4.78, 5) is 41.8. The molecular formula is C31H37ClFN5O7S. The van der Waals surface area contributed by atoms with Gasteiger partial charge in [-0.2, -0.15) is 0 Å². The van der Waals surface area contributed by atoms with Crippen LogP contribution in [-0.4, -0.2) is 71.9 Å². The molecule has 0 aliphatic carbocycles. The molecule has 3 aromatic rings. The van der Waals surface area contributed by atoms with Gasteiger partial charge in [-0.25, -0.2) is 17.6 Å². The minimum absolute atomic E-state index is 0.137. The van der Waals surface area contributed by atoms with Crippen LogP contribution in [0.15, 0.2) is 45.7 Å². The molecule has 1 aliphatic rings. The summed E-state index contributed by atoms with van der Waals surface area (Å²) >= 11 is 6.05. The number of amides is 3. The minimum Gasteiger partial charge on any atom is -0.444 e. The van der Waals surface area contributed by atoms with Crippen molar-refractivity contribution in [1.82, 2.24) is 20.4 Å². The molecule has 3 amide bonds. The van der Waals surface area contributed by atoms with E-state index < -0.39 is 67.3 Å². The number of hydrogen-bond donors (Lipinski definition) is 1. The number of hydrogen-bond acceptors (Lipinski definition) is 9. The van der Waals surface area contributed by atoms with E-state index in [4.69, 9.17) is 20.8 Å². The number of carbonyl (C=O) groups is 3. The van der Waals surface area contributed by atoms with Gasteiger partial charge in [0, 0.05) is 17.5 Å². The fourth-order valence-corrected chi connectivity index (χ4v) is 6.23. The van der Waals surface area contributed by atoms with Gasteiger partial charge in [0.25, 0.3) is 11.8 Å². The largest absolute Gasteiger partial charge is 0.444 e. The van der Waals surface area contributed by atoms with Crippen LogP contribution in [0.3, 0.4) is 0 Å². The van der Waals surface area contributed by atoms with Gasteiger partial charge in [0.1, 0.15) is 23.5 Å². The normalized spacial score (nSPS) is 17.1. The zero-order valence-corrected chi connectivity index (χ0v) is 28.4. The van der Waals surface area contributed by atoms with Gasteiger partial charge in [0.05, 0.1) is 28.4 Å². The molecule has 0 saturated carbocycles. The number of aromatic nitrogens is 2. The Hall–Kier alpha value is -4.04. The SMILES string of the molecule is C[C@@H](C(=O)N[C@H]1CS(=O)(=O)c2cc(F)c(-c3nnc(C(C)(C)C)o3)cc2N(Cc2ccc(Cl)cc2)C1=O)N(C)C(=O)OC(C)(C)C. The number of nitrogens with one attached hydrogen (secondary N) is 1. The Morgan fingerprint density at radius 1 is 1.15 bits per heavy atom. The topological polar surface area (TPSA) is 152 Å². The third-order valence-electron chi connectivity index (χ3n) is 7.13. The number of carbonyl (C=O) groups excluding carboxylic acids is 3. The van der Waals surface area contributed by atoms with Crippen molar-refractivity contribution in [2.45, 2.75) is 83.0 Å². The van der Waals surface area contributed by atoms with Crippen LogP contribution in [0.25, 0.3) is 11.5 Å². The molecule has 2 heterocycles. The van der Waals surface area contributed by atoms with Crippen LogP contribution in [0.5, 0.6) is 0 Å². The van der Waals surface area contributed by atoms with Crippen LogP contribution >= 0.6 is 11.6 Å². The Labute approximate surface area is 272 Å². The lowest BCUT2D eigenvalue weighted by atomic mass is 9.97. The molecular weight excluding hydrogens is 641 g/mol. The molecule has 4 rings (SSSR count). The Bertz CT molecular complexity index is 1760. The standard InChI is InChI=1S/C31H37ClFN5O7S/c1-17(37(8)29(41)45-31(5,6)7)25(39)34-22-16-46(42,43)24-14-21(33)20(26-35-36-28(44-26)30(2,3)4)13-23(24)38(27(22)40)15-18-9-11-19(32)12-10-18/h9-14,17,22H,15-16H2,1-8H3,(H,34,39)/t17-,22-/m0/s1. The van der Waals surface area contributed by atoms with Crippen molar-refractivity contribution in [3.05, 3.63) is 58.7 Å². The van der Waals surface area contributed by atoms with Crippen molar-refractivity contribution < 1.29 is 36.3 Å². The van der Waals surface area contributed by atoms with Gasteiger partial charge in [-0.05, 0) is 57.5 Å². The first-order valence-electron chi connectivity index (χ1n) is 14.4. The molecule has 2 atom stereocenters. The predicted octanol–water partition coefficient (Wildman–Crippen LogP) is 4.89. The van der Waals surface area contributed by atoms with Gasteiger partial charge in [-0.1, -0.05) is 44.5 Å². The van der Waals surface area contributed by atoms with Gasteiger partial charge in [0.2, 0.25) is 11.8 Å². The molecule has 0 fully saturated rings. The lowest BCUT2D eigenvalue weighted by Crippen LogP contribution is -2.55. The minimum atomic E-state index is -4.37. The zero-order valence-electron chi connectivity index (χ0n) is 26.8. The van der Waals surface area contributed by atoms with Crippen LogP contribution in [0.1, 0.15) is 59.9 Å². The molecule has 15 heteroatoms. The maximum Gasteiger partial charge on any atom is 0.410 e. The van der Waals surface area contributed by atoms with Gasteiger partial charge in [-0.3, -0.25) is 14.5 Å². The summed E-state index contributed by atoms with van der Waals surface area (Å²) in [5.74, 6) is -3.37. The highest BCUT2D eigenvalue weighted by atomic mass is 35.5. The molecule has 1 aromatic heterocycles. The summed E-state index contributed by atoms with van der Waals surface area (Å²) in [5, 5.41) is 10.9. The molecule has 46 heavy (non-hydrogen) atoms. The van der Waals surface area contributed by atoms with E-state index in [1.54, 1.807) is 45.0 Å². The second-order valence-corrected chi connectivity index (χ2v) is 15.6. The first-order chi connectivity index (χ1) is 21.2. The lowest BCUT2D eigenvalue weighted by Gasteiger charge is -2.30. The number of fused-ring (bicyclic) bond motifs is 1. The van der Waals surface area contributed by atoms with Crippen LogP contribution in [0, 0.1) is 5.82 Å². The predicted molar refractivity (Wildman–Crippen MR) is 168 cm³/mol. The maximum atomic E-state index is 15.6. The number of benzene rings is 2. The number of ether oxygens (including phenoxy) is 1. The second kappa shape index (κ2) is 12.6. The molecule has 248 valence electrons. The number of rotatable bonds is 6. The first-order valence-corrected chi connectivity index (χ1v) is 16.4. The van der Waals surface area contributed by atoms with Crippen molar-refractivity contribution in [2.75, 3.05) is 17.7 Å². The average Bonchev–Trinajstić information content (AvgIpc) is 3.43. The van der Waals surface area contributed by atoms with Gasteiger partial charge in [0.15, 0.2) is 9.84 Å². The Morgan fingerprint density at radius 3 is 2.35 bits per heavy atom. The van der Waals surface area contributed by atoms with E-state index in [9.17, 15) is 22.8 Å². The molecule has 2 aromatic carbocycles. The first kappa shape index (κ1) is 34.8. The summed E-state index contributed by atoms with van der Waals surface area (Å²) in [6.45, 7) is 11.8. The highest BCUT2D eigenvalue weighted by Gasteiger charge is 2.41. The highest BCUT2D eigenvalue weighted by molar-refractivity contribution is 7.91. The van der Waals surface area contributed by atoms with E-state index in [0.717, 1.165) is 15.9 Å². The summed E-state index contributed by atoms with van der Waals surface area (Å²) in [7, 11) is -3.03. The zero-order chi connectivity index (χ0) is 34.4. The van der Waals surface area contributed by atoms with Crippen molar-refractivity contribution in [3.63, 3.8) is 0 Å². The van der Waals surface area contributed by atoms with Gasteiger partial charge >= 0.3 is 6.09 Å². The Balaban J connectivity index is 1.77. The van der Waals surface area contributed by atoms with Crippen molar-refractivity contribution >= 4 is 45.0 Å². The second-order valence-electron chi connectivity index (χ2n) is 13.1. The number of anilines is 1. The van der Waals surface area contributed by atoms with Crippen molar-refractivity contribution in [3.8, 4) is 11.5 Å². The van der Waals surface area contributed by atoms with Crippen molar-refractivity contribution in [2.24, 2.45) is 0 Å². The molecule has 0 bridgehead atoms. The molecule has 0 radical (unpaired) electrons. The smallest absolute Gasteiger partial charge is 0.410 e. The summed E-state index contributed by atoms with van der Waals surface area (Å²) in [6.07, 6.45) is -0.787. The highest BCUT2D eigenvalue weighted by Crippen LogP contribution is 2.38. The Kier molecular flexibility index (Phi) is 9.56. The number of likely N-dealkylation sites (N-methyl/N-ethyl adjacent to an activating group) is 1. The van der Waals surface area contributed by atoms with E-state index in [-0.39, 0.29) is 29.6 Å². The molecule has 0 saturated heterocycles. The van der Waals surface area contributed by atoms with E-state index in [0.29, 0.717) is 10.6 Å². The number of nitrogens with zero attached hydrogens (tertiary/aromatic N) is 4.